The zero-order chi connectivity index (χ0) is 13.8. The van der Waals surface area contributed by atoms with E-state index in [0.717, 1.165) is 12.1 Å². The van der Waals surface area contributed by atoms with E-state index in [0.29, 0.717) is 11.8 Å². The van der Waals surface area contributed by atoms with Crippen LogP contribution in [-0.2, 0) is 6.54 Å². The third-order valence-corrected chi connectivity index (χ3v) is 2.40. The molecule has 1 aromatic heterocycles. The van der Waals surface area contributed by atoms with Gasteiger partial charge in [0.1, 0.15) is 11.4 Å². The Hall–Kier alpha value is -2.77. The quantitative estimate of drug-likeness (QED) is 0.643. The summed E-state index contributed by atoms with van der Waals surface area (Å²) in [5.74, 6) is -1.42. The van der Waals surface area contributed by atoms with Crippen LogP contribution in [0.3, 0.4) is 0 Å². The van der Waals surface area contributed by atoms with Gasteiger partial charge in [0.2, 0.25) is 0 Å². The molecule has 19 heavy (non-hydrogen) atoms. The number of hydrogen-bond acceptors (Lipinski definition) is 4. The standard InChI is InChI=1S/C11H9FN4O3/c12-7-1-2-9(10(5-7)16(18)19)11(17)13-6-8-3-4-14-15-8/h1-5H,6H2,(H,13,17)(H,14,15). The smallest absolute Gasteiger partial charge is 0.285 e. The van der Waals surface area contributed by atoms with Crippen molar-refractivity contribution in [2.75, 3.05) is 0 Å². The van der Waals surface area contributed by atoms with Crippen molar-refractivity contribution in [1.29, 1.82) is 0 Å². The number of rotatable bonds is 4. The molecule has 2 aromatic rings. The van der Waals surface area contributed by atoms with Crippen molar-refractivity contribution in [3.63, 3.8) is 0 Å². The van der Waals surface area contributed by atoms with Gasteiger partial charge in [-0.05, 0) is 18.2 Å². The van der Waals surface area contributed by atoms with Gasteiger partial charge in [-0.2, -0.15) is 5.10 Å². The van der Waals surface area contributed by atoms with Crippen LogP contribution in [0.2, 0.25) is 0 Å². The molecule has 2 N–H and O–H groups in total. The Morgan fingerprint density at radius 2 is 2.26 bits per heavy atom. The summed E-state index contributed by atoms with van der Waals surface area (Å²) in [6.07, 6.45) is 1.52. The third kappa shape index (κ3) is 2.92. The lowest BCUT2D eigenvalue weighted by atomic mass is 10.1. The van der Waals surface area contributed by atoms with Gasteiger partial charge in [-0.1, -0.05) is 0 Å². The molecule has 0 radical (unpaired) electrons. The lowest BCUT2D eigenvalue weighted by molar-refractivity contribution is -0.385. The topological polar surface area (TPSA) is 101 Å². The maximum absolute atomic E-state index is 12.9. The van der Waals surface area contributed by atoms with Gasteiger partial charge in [-0.3, -0.25) is 20.0 Å². The Labute approximate surface area is 106 Å². The van der Waals surface area contributed by atoms with Crippen LogP contribution in [0, 0.1) is 15.9 Å². The summed E-state index contributed by atoms with van der Waals surface area (Å²) in [6.45, 7) is 0.146. The molecule has 1 aromatic carbocycles. The van der Waals surface area contributed by atoms with Crippen LogP contribution in [0.1, 0.15) is 16.1 Å². The van der Waals surface area contributed by atoms with Gasteiger partial charge in [0.05, 0.1) is 23.2 Å². The summed E-state index contributed by atoms with van der Waals surface area (Å²) in [4.78, 5) is 21.8. The van der Waals surface area contributed by atoms with Gasteiger partial charge in [-0.25, -0.2) is 4.39 Å². The predicted octanol–water partition coefficient (Wildman–Crippen LogP) is 1.39. The van der Waals surface area contributed by atoms with Crippen molar-refractivity contribution in [2.24, 2.45) is 0 Å². The first-order chi connectivity index (χ1) is 9.08. The number of nitrogens with zero attached hydrogens (tertiary/aromatic N) is 2. The maximum atomic E-state index is 12.9. The molecule has 8 heteroatoms. The van der Waals surface area contributed by atoms with Gasteiger partial charge in [-0.15, -0.1) is 0 Å². The average molecular weight is 264 g/mol. The summed E-state index contributed by atoms with van der Waals surface area (Å²) >= 11 is 0. The normalized spacial score (nSPS) is 10.2. The molecular formula is C11H9FN4O3. The summed E-state index contributed by atoms with van der Waals surface area (Å²) < 4.78 is 12.9. The molecule has 0 spiro atoms. The Morgan fingerprint density at radius 3 is 2.89 bits per heavy atom. The first kappa shape index (κ1) is 12.7. The molecule has 0 unspecified atom stereocenters. The van der Waals surface area contributed by atoms with Crippen LogP contribution in [0.25, 0.3) is 0 Å². The third-order valence-electron chi connectivity index (χ3n) is 2.40. The van der Waals surface area contributed by atoms with E-state index in [4.69, 9.17) is 0 Å². The number of H-pyrrole nitrogens is 1. The fourth-order valence-electron chi connectivity index (χ4n) is 1.50. The molecular weight excluding hydrogens is 255 g/mol. The van der Waals surface area contributed by atoms with Gasteiger partial charge in [0.25, 0.3) is 11.6 Å². The van der Waals surface area contributed by atoms with E-state index < -0.39 is 22.3 Å². The van der Waals surface area contributed by atoms with Crippen molar-refractivity contribution in [3.8, 4) is 0 Å². The van der Waals surface area contributed by atoms with Crippen molar-refractivity contribution in [3.05, 3.63) is 57.7 Å². The second-order valence-electron chi connectivity index (χ2n) is 3.68. The van der Waals surface area contributed by atoms with E-state index >= 15 is 0 Å². The SMILES string of the molecule is O=C(NCc1ccn[nH]1)c1ccc(F)cc1[N+](=O)[O-]. The summed E-state index contributed by atoms with van der Waals surface area (Å²) in [5.41, 5.74) is -0.105. The highest BCUT2D eigenvalue weighted by atomic mass is 19.1. The monoisotopic (exact) mass is 264 g/mol. The minimum Gasteiger partial charge on any atom is -0.346 e. The van der Waals surface area contributed by atoms with Crippen LogP contribution >= 0.6 is 0 Å². The van der Waals surface area contributed by atoms with E-state index in [9.17, 15) is 19.3 Å². The molecule has 7 nitrogen and oxygen atoms in total. The number of benzene rings is 1. The summed E-state index contributed by atoms with van der Waals surface area (Å²) in [6, 6.07) is 4.44. The van der Waals surface area contributed by atoms with Gasteiger partial charge >= 0.3 is 0 Å². The number of hydrogen-bond donors (Lipinski definition) is 2. The highest BCUT2D eigenvalue weighted by Crippen LogP contribution is 2.19. The first-order valence-corrected chi connectivity index (χ1v) is 5.28. The van der Waals surface area contributed by atoms with E-state index in [1.165, 1.54) is 6.20 Å². The largest absolute Gasteiger partial charge is 0.346 e. The first-order valence-electron chi connectivity index (χ1n) is 5.28. The lowest BCUT2D eigenvalue weighted by Gasteiger charge is -2.04. The number of halogens is 1. The lowest BCUT2D eigenvalue weighted by Crippen LogP contribution is -2.24. The van der Waals surface area contributed by atoms with Gasteiger partial charge in [0.15, 0.2) is 0 Å². The zero-order valence-electron chi connectivity index (χ0n) is 9.59. The van der Waals surface area contributed by atoms with E-state index in [2.05, 4.69) is 15.5 Å². The molecule has 1 amide bonds. The Morgan fingerprint density at radius 1 is 1.47 bits per heavy atom. The van der Waals surface area contributed by atoms with Crippen LogP contribution in [0.5, 0.6) is 0 Å². The molecule has 98 valence electrons. The van der Waals surface area contributed by atoms with Crippen LogP contribution in [-0.4, -0.2) is 21.0 Å². The Kier molecular flexibility index (Phi) is 3.51. The molecule has 0 atom stereocenters. The number of aromatic amines is 1. The number of nitrogens with one attached hydrogen (secondary N) is 2. The minimum absolute atomic E-state index is 0.146. The average Bonchev–Trinajstić information content (AvgIpc) is 2.88. The molecule has 0 aliphatic carbocycles. The van der Waals surface area contributed by atoms with Gasteiger partial charge in [0, 0.05) is 6.20 Å². The molecule has 2 rings (SSSR count). The molecule has 0 bridgehead atoms. The second kappa shape index (κ2) is 5.25. The summed E-state index contributed by atoms with van der Waals surface area (Å²) in [7, 11) is 0. The van der Waals surface area contributed by atoms with Crippen molar-refractivity contribution in [2.45, 2.75) is 6.54 Å². The molecule has 0 aliphatic heterocycles. The number of amides is 1. The molecule has 0 saturated carbocycles. The summed E-state index contributed by atoms with van der Waals surface area (Å²) in [5, 5.41) is 19.6. The minimum atomic E-state index is -0.797. The fourth-order valence-corrected chi connectivity index (χ4v) is 1.50. The number of nitro groups is 1. The van der Waals surface area contributed by atoms with E-state index in [1.54, 1.807) is 6.07 Å². The highest BCUT2D eigenvalue weighted by molar-refractivity contribution is 5.98. The number of carbonyl (C=O) groups excluding carboxylic acids is 1. The molecule has 0 aliphatic rings. The van der Waals surface area contributed by atoms with Crippen molar-refractivity contribution >= 4 is 11.6 Å². The Balaban J connectivity index is 2.16. The predicted molar refractivity (Wildman–Crippen MR) is 62.8 cm³/mol. The number of aromatic nitrogens is 2. The molecule has 0 saturated heterocycles. The zero-order valence-corrected chi connectivity index (χ0v) is 9.59. The molecule has 1 heterocycles. The Bertz CT molecular complexity index is 612. The fraction of sp³-hybridized carbons (Fsp3) is 0.0909. The van der Waals surface area contributed by atoms with Gasteiger partial charge < -0.3 is 5.32 Å². The van der Waals surface area contributed by atoms with Crippen LogP contribution in [0.4, 0.5) is 10.1 Å². The van der Waals surface area contributed by atoms with Crippen LogP contribution in [0.15, 0.2) is 30.5 Å². The van der Waals surface area contributed by atoms with Crippen LogP contribution < -0.4 is 5.32 Å². The van der Waals surface area contributed by atoms with Crippen molar-refractivity contribution in [1.82, 2.24) is 15.5 Å². The maximum Gasteiger partial charge on any atom is 0.285 e. The highest BCUT2D eigenvalue weighted by Gasteiger charge is 2.20. The number of nitro benzene ring substituents is 1. The second-order valence-corrected chi connectivity index (χ2v) is 3.68. The van der Waals surface area contributed by atoms with E-state index in [1.807, 2.05) is 0 Å². The number of carbonyl (C=O) groups is 1. The van der Waals surface area contributed by atoms with E-state index in [-0.39, 0.29) is 12.1 Å². The van der Waals surface area contributed by atoms with Crippen molar-refractivity contribution < 1.29 is 14.1 Å². The molecule has 0 fully saturated rings.